The summed E-state index contributed by atoms with van der Waals surface area (Å²) in [6.07, 6.45) is 1.47. The Morgan fingerprint density at radius 3 is 2.88 bits per heavy atom. The molecule has 0 bridgehead atoms. The molecule has 0 aliphatic carbocycles. The van der Waals surface area contributed by atoms with Gasteiger partial charge >= 0.3 is 6.01 Å². The molecule has 1 aromatic carbocycles. The highest BCUT2D eigenvalue weighted by Crippen LogP contribution is 2.30. The summed E-state index contributed by atoms with van der Waals surface area (Å²) in [5, 5.41) is 3.89. The van der Waals surface area contributed by atoms with Crippen molar-refractivity contribution in [3.8, 4) is 11.8 Å². The maximum Gasteiger partial charge on any atom is 0.341 e. The summed E-state index contributed by atoms with van der Waals surface area (Å²) in [6.45, 7) is 0. The van der Waals surface area contributed by atoms with E-state index in [4.69, 9.17) is 10.5 Å². The van der Waals surface area contributed by atoms with Crippen molar-refractivity contribution in [1.29, 1.82) is 0 Å². The fourth-order valence-corrected chi connectivity index (χ4v) is 1.46. The van der Waals surface area contributed by atoms with Crippen LogP contribution in [0.2, 0.25) is 0 Å². The first-order valence-corrected chi connectivity index (χ1v) is 5.13. The van der Waals surface area contributed by atoms with Gasteiger partial charge in [-0.3, -0.25) is 4.68 Å². The molecule has 0 amide bonds. The Morgan fingerprint density at radius 2 is 2.25 bits per heavy atom. The van der Waals surface area contributed by atoms with E-state index >= 15 is 0 Å². The molecule has 0 unspecified atom stereocenters. The minimum atomic E-state index is -0.458. The molecule has 0 saturated carbocycles. The largest absolute Gasteiger partial charge is 0.421 e. The minimum absolute atomic E-state index is 0.121. The Labute approximate surface area is 99.2 Å². The quantitative estimate of drug-likeness (QED) is 0.859. The van der Waals surface area contributed by atoms with Crippen LogP contribution in [0.15, 0.2) is 22.9 Å². The van der Waals surface area contributed by atoms with Gasteiger partial charge in [0.05, 0.1) is 10.2 Å². The van der Waals surface area contributed by atoms with Gasteiger partial charge in [-0.15, -0.1) is 5.10 Å². The van der Waals surface area contributed by atoms with Crippen molar-refractivity contribution in [1.82, 2.24) is 14.8 Å². The van der Waals surface area contributed by atoms with E-state index in [9.17, 15) is 4.39 Å². The summed E-state index contributed by atoms with van der Waals surface area (Å²) in [6, 6.07) is 2.72. The molecule has 0 aliphatic rings. The van der Waals surface area contributed by atoms with Gasteiger partial charge in [-0.2, -0.15) is 4.98 Å². The van der Waals surface area contributed by atoms with Crippen molar-refractivity contribution in [2.24, 2.45) is 7.05 Å². The first kappa shape index (κ1) is 10.9. The van der Waals surface area contributed by atoms with Gasteiger partial charge in [0.2, 0.25) is 0 Å². The summed E-state index contributed by atoms with van der Waals surface area (Å²) in [7, 11) is 1.70. The average molecular weight is 287 g/mol. The predicted molar refractivity (Wildman–Crippen MR) is 59.6 cm³/mol. The number of benzene rings is 1. The summed E-state index contributed by atoms with van der Waals surface area (Å²) in [5.74, 6) is -0.271. The number of hydrogen-bond donors (Lipinski definition) is 1. The van der Waals surface area contributed by atoms with Gasteiger partial charge in [0.25, 0.3) is 0 Å². The maximum absolute atomic E-state index is 13.2. The van der Waals surface area contributed by atoms with Crippen LogP contribution in [-0.2, 0) is 7.05 Å². The Bertz CT molecular complexity index is 528. The third-order valence-electron chi connectivity index (χ3n) is 1.83. The average Bonchev–Trinajstić information content (AvgIpc) is 2.60. The number of halogens is 2. The van der Waals surface area contributed by atoms with Crippen molar-refractivity contribution < 1.29 is 9.13 Å². The van der Waals surface area contributed by atoms with Crippen LogP contribution >= 0.6 is 15.9 Å². The van der Waals surface area contributed by atoms with E-state index in [-0.39, 0.29) is 16.2 Å². The molecular formula is C9H8BrFN4O. The Balaban J connectivity index is 2.31. The minimum Gasteiger partial charge on any atom is -0.421 e. The lowest BCUT2D eigenvalue weighted by Crippen LogP contribution is -1.95. The molecule has 0 fully saturated rings. The lowest BCUT2D eigenvalue weighted by Gasteiger charge is -2.05. The first-order valence-electron chi connectivity index (χ1n) is 4.34. The summed E-state index contributed by atoms with van der Waals surface area (Å²) in [4.78, 5) is 3.84. The molecular weight excluding hydrogens is 279 g/mol. The second-order valence-electron chi connectivity index (χ2n) is 3.11. The number of hydrogen-bond acceptors (Lipinski definition) is 4. The molecule has 0 radical (unpaired) electrons. The van der Waals surface area contributed by atoms with Crippen molar-refractivity contribution in [3.05, 3.63) is 28.7 Å². The molecule has 0 spiro atoms. The van der Waals surface area contributed by atoms with E-state index in [1.807, 2.05) is 0 Å². The van der Waals surface area contributed by atoms with Crippen molar-refractivity contribution in [3.63, 3.8) is 0 Å². The Hall–Kier alpha value is -1.63. The second kappa shape index (κ2) is 4.09. The number of anilines is 1. The SMILES string of the molecule is Cn1cnc(Oc2cc(F)c(Br)cc2N)n1. The van der Waals surface area contributed by atoms with Crippen LogP contribution in [0.25, 0.3) is 0 Å². The van der Waals surface area contributed by atoms with Crippen LogP contribution in [0.5, 0.6) is 11.8 Å². The molecule has 2 aromatic rings. The van der Waals surface area contributed by atoms with Gasteiger partial charge in [-0.1, -0.05) is 0 Å². The van der Waals surface area contributed by atoms with Crippen LogP contribution in [0.4, 0.5) is 10.1 Å². The second-order valence-corrected chi connectivity index (χ2v) is 3.96. The van der Waals surface area contributed by atoms with E-state index in [0.717, 1.165) is 0 Å². The van der Waals surface area contributed by atoms with E-state index in [2.05, 4.69) is 26.0 Å². The predicted octanol–water partition coefficient (Wildman–Crippen LogP) is 2.09. The normalized spacial score (nSPS) is 10.4. The number of nitrogens with zero attached hydrogens (tertiary/aromatic N) is 3. The van der Waals surface area contributed by atoms with Gasteiger partial charge in [0.1, 0.15) is 12.1 Å². The fourth-order valence-electron chi connectivity index (χ4n) is 1.10. The van der Waals surface area contributed by atoms with E-state index in [1.165, 1.54) is 23.1 Å². The highest BCUT2D eigenvalue weighted by molar-refractivity contribution is 9.10. The smallest absolute Gasteiger partial charge is 0.341 e. The van der Waals surface area contributed by atoms with E-state index in [1.54, 1.807) is 7.05 Å². The molecule has 16 heavy (non-hydrogen) atoms. The molecule has 2 N–H and O–H groups in total. The van der Waals surface area contributed by atoms with Crippen LogP contribution < -0.4 is 10.5 Å². The third-order valence-corrected chi connectivity index (χ3v) is 2.44. The number of ether oxygens (including phenoxy) is 1. The molecule has 1 aromatic heterocycles. The van der Waals surface area contributed by atoms with E-state index in [0.29, 0.717) is 5.69 Å². The molecule has 0 atom stereocenters. The van der Waals surface area contributed by atoms with Gasteiger partial charge in [0.15, 0.2) is 5.75 Å². The summed E-state index contributed by atoms with van der Waals surface area (Å²) >= 11 is 3.02. The van der Waals surface area contributed by atoms with Gasteiger partial charge in [0, 0.05) is 13.1 Å². The lowest BCUT2D eigenvalue weighted by molar-refractivity contribution is 0.437. The van der Waals surface area contributed by atoms with Crippen LogP contribution in [0.1, 0.15) is 0 Å². The molecule has 2 rings (SSSR count). The van der Waals surface area contributed by atoms with Gasteiger partial charge < -0.3 is 10.5 Å². The van der Waals surface area contributed by atoms with Crippen LogP contribution in [0.3, 0.4) is 0 Å². The van der Waals surface area contributed by atoms with Gasteiger partial charge in [-0.05, 0) is 22.0 Å². The van der Waals surface area contributed by atoms with E-state index < -0.39 is 5.82 Å². The lowest BCUT2D eigenvalue weighted by atomic mass is 10.3. The van der Waals surface area contributed by atoms with Crippen LogP contribution in [-0.4, -0.2) is 14.8 Å². The monoisotopic (exact) mass is 286 g/mol. The van der Waals surface area contributed by atoms with Crippen molar-refractivity contribution in [2.75, 3.05) is 5.73 Å². The Kier molecular flexibility index (Phi) is 2.78. The Morgan fingerprint density at radius 1 is 1.50 bits per heavy atom. The van der Waals surface area contributed by atoms with Crippen molar-refractivity contribution >= 4 is 21.6 Å². The highest BCUT2D eigenvalue weighted by atomic mass is 79.9. The highest BCUT2D eigenvalue weighted by Gasteiger charge is 2.10. The van der Waals surface area contributed by atoms with Gasteiger partial charge in [-0.25, -0.2) is 4.39 Å². The fraction of sp³-hybridized carbons (Fsp3) is 0.111. The molecule has 7 heteroatoms. The molecule has 5 nitrogen and oxygen atoms in total. The molecule has 0 saturated heterocycles. The maximum atomic E-state index is 13.2. The molecule has 0 aliphatic heterocycles. The topological polar surface area (TPSA) is 66.0 Å². The third kappa shape index (κ3) is 2.13. The zero-order valence-electron chi connectivity index (χ0n) is 8.32. The molecule has 84 valence electrons. The number of aryl methyl sites for hydroxylation is 1. The first-order chi connectivity index (χ1) is 7.56. The number of rotatable bonds is 2. The van der Waals surface area contributed by atoms with Crippen LogP contribution in [0, 0.1) is 5.82 Å². The summed E-state index contributed by atoms with van der Waals surface area (Å²) in [5.41, 5.74) is 5.97. The zero-order chi connectivity index (χ0) is 11.7. The standard InChI is InChI=1S/C9H8BrFN4O/c1-15-4-13-9(14-15)16-8-3-6(11)5(10)2-7(8)12/h2-4H,12H2,1H3. The number of nitrogen functional groups attached to an aromatic ring is 1. The molecule has 1 heterocycles. The zero-order valence-corrected chi connectivity index (χ0v) is 9.90. The number of nitrogens with two attached hydrogens (primary N) is 1. The van der Waals surface area contributed by atoms with Crippen molar-refractivity contribution in [2.45, 2.75) is 0 Å². The summed E-state index contributed by atoms with van der Waals surface area (Å²) < 4.78 is 20.2. The number of aromatic nitrogens is 3.